The molecule has 0 radical (unpaired) electrons. The third kappa shape index (κ3) is 5.09. The van der Waals surface area contributed by atoms with E-state index in [0.29, 0.717) is 9.92 Å². The van der Waals surface area contributed by atoms with Gasteiger partial charge in [-0.2, -0.15) is 18.3 Å². The minimum Gasteiger partial charge on any atom is -0.298 e. The molecule has 0 spiro atoms. The number of nitrogens with zero attached hydrogens (tertiary/aromatic N) is 3. The molecule has 0 unspecified atom stereocenters. The molecule has 3 aromatic rings. The number of hydrogen-bond acceptors (Lipinski definition) is 5. The number of carbonyl (C=O) groups is 2. The van der Waals surface area contributed by atoms with Gasteiger partial charge in [-0.15, -0.1) is 0 Å². The van der Waals surface area contributed by atoms with Crippen molar-refractivity contribution in [2.24, 2.45) is 7.05 Å². The zero-order valence-electron chi connectivity index (χ0n) is 17.6. The quantitative estimate of drug-likeness (QED) is 0.213. The van der Waals surface area contributed by atoms with Gasteiger partial charge in [-0.25, -0.2) is 4.39 Å². The van der Waals surface area contributed by atoms with Crippen molar-refractivity contribution in [3.05, 3.63) is 76.2 Å². The van der Waals surface area contributed by atoms with Crippen LogP contribution < -0.4 is 10.2 Å². The zero-order valence-corrected chi connectivity index (χ0v) is 19.9. The van der Waals surface area contributed by atoms with Gasteiger partial charge >= 0.3 is 6.18 Å². The molecule has 13 heteroatoms. The fourth-order valence-electron chi connectivity index (χ4n) is 3.23. The largest absolute Gasteiger partial charge is 0.435 e. The van der Waals surface area contributed by atoms with Gasteiger partial charge < -0.3 is 0 Å². The molecule has 0 saturated carbocycles. The maximum atomic E-state index is 13.8. The van der Waals surface area contributed by atoms with Crippen LogP contribution >= 0.6 is 35.6 Å². The predicted molar refractivity (Wildman–Crippen MR) is 126 cm³/mol. The highest BCUT2D eigenvalue weighted by molar-refractivity contribution is 7.99. The fraction of sp³-hybridized carbons (Fsp3) is 0.0909. The van der Waals surface area contributed by atoms with Crippen molar-refractivity contribution in [1.82, 2.24) is 15.1 Å². The highest BCUT2D eigenvalue weighted by Gasteiger charge is 2.40. The van der Waals surface area contributed by atoms with Gasteiger partial charge in [0.15, 0.2) is 10.8 Å². The number of amides is 2. The highest BCUT2D eigenvalue weighted by Crippen LogP contribution is 2.40. The summed E-state index contributed by atoms with van der Waals surface area (Å²) in [6.45, 7) is 0. The SMILES string of the molecule is Cn1nc(C(F)(F)F)c(C=C2C(=O)NC(=S)N(c3ccc(Cl)cc3)C2=O)c1Sc1ccc(F)cc1. The lowest BCUT2D eigenvalue weighted by Gasteiger charge is -2.29. The van der Waals surface area contributed by atoms with Crippen LogP contribution in [-0.2, 0) is 22.8 Å². The minimum absolute atomic E-state index is 0.0109. The third-order valence-corrected chi connectivity index (χ3v) is 6.52. The first-order chi connectivity index (χ1) is 16.5. The summed E-state index contributed by atoms with van der Waals surface area (Å²) in [6.07, 6.45) is -4.05. The van der Waals surface area contributed by atoms with Crippen molar-refractivity contribution in [1.29, 1.82) is 0 Å². The van der Waals surface area contributed by atoms with Crippen LogP contribution in [0.25, 0.3) is 6.08 Å². The van der Waals surface area contributed by atoms with Crippen molar-refractivity contribution in [3.8, 4) is 0 Å². The van der Waals surface area contributed by atoms with Crippen LogP contribution in [0.2, 0.25) is 5.02 Å². The minimum atomic E-state index is -4.88. The molecule has 6 nitrogen and oxygen atoms in total. The summed E-state index contributed by atoms with van der Waals surface area (Å²) in [5.74, 6) is -2.39. The van der Waals surface area contributed by atoms with E-state index >= 15 is 0 Å². The van der Waals surface area contributed by atoms with Gasteiger partial charge in [0.05, 0.1) is 5.69 Å². The van der Waals surface area contributed by atoms with E-state index in [9.17, 15) is 27.2 Å². The van der Waals surface area contributed by atoms with Crippen molar-refractivity contribution in [2.45, 2.75) is 16.1 Å². The Morgan fingerprint density at radius 1 is 1.09 bits per heavy atom. The molecule has 35 heavy (non-hydrogen) atoms. The average molecular weight is 541 g/mol. The summed E-state index contributed by atoms with van der Waals surface area (Å²) in [5, 5.41) is 6.03. The molecule has 4 rings (SSSR count). The average Bonchev–Trinajstić information content (AvgIpc) is 3.09. The van der Waals surface area contributed by atoms with Gasteiger partial charge in [0, 0.05) is 22.5 Å². The number of rotatable bonds is 4. The Labute approximate surface area is 210 Å². The van der Waals surface area contributed by atoms with E-state index in [0.717, 1.165) is 39.6 Å². The lowest BCUT2D eigenvalue weighted by molar-refractivity contribution is -0.141. The molecule has 2 amide bonds. The van der Waals surface area contributed by atoms with Crippen LogP contribution in [0, 0.1) is 5.82 Å². The number of benzene rings is 2. The van der Waals surface area contributed by atoms with Gasteiger partial charge in [0.1, 0.15) is 16.4 Å². The molecule has 0 bridgehead atoms. The Morgan fingerprint density at radius 2 is 1.71 bits per heavy atom. The number of anilines is 1. The number of aryl methyl sites for hydroxylation is 1. The molecule has 1 aliphatic rings. The summed E-state index contributed by atoms with van der Waals surface area (Å²) < 4.78 is 55.8. The Morgan fingerprint density at radius 3 is 2.31 bits per heavy atom. The molecule has 0 aliphatic carbocycles. The van der Waals surface area contributed by atoms with Crippen LogP contribution in [-0.4, -0.2) is 26.7 Å². The van der Waals surface area contributed by atoms with E-state index in [4.69, 9.17) is 23.8 Å². The molecule has 2 heterocycles. The number of hydrogen-bond donors (Lipinski definition) is 1. The lowest BCUT2D eigenvalue weighted by Crippen LogP contribution is -2.54. The molecule has 1 saturated heterocycles. The Balaban J connectivity index is 1.83. The standard InChI is InChI=1S/C22H13ClF4N4O2S2/c1-30-20(35-14-8-4-12(24)5-9-14)15(17(29-30)22(25,26)27)10-16-18(32)28-21(34)31(19(16)33)13-6-2-11(23)3-7-13/h2-10H,1H3,(H,28,32,34). The Bertz CT molecular complexity index is 1370. The molecular formula is C22H13ClF4N4O2S2. The first-order valence-corrected chi connectivity index (χ1v) is 11.3. The fourth-order valence-corrected chi connectivity index (χ4v) is 4.57. The van der Waals surface area contributed by atoms with E-state index in [1.54, 1.807) is 0 Å². The molecule has 2 aromatic carbocycles. The first kappa shape index (κ1) is 24.9. The second-order valence-electron chi connectivity index (χ2n) is 7.18. The Hall–Kier alpha value is -3.22. The number of aromatic nitrogens is 2. The first-order valence-electron chi connectivity index (χ1n) is 9.70. The molecule has 180 valence electrons. The van der Waals surface area contributed by atoms with E-state index in [-0.39, 0.29) is 15.8 Å². The van der Waals surface area contributed by atoms with Crippen LogP contribution in [0.3, 0.4) is 0 Å². The summed E-state index contributed by atoms with van der Waals surface area (Å²) in [4.78, 5) is 27.3. The van der Waals surface area contributed by atoms with E-state index in [2.05, 4.69) is 10.4 Å². The van der Waals surface area contributed by atoms with Crippen LogP contribution in [0.4, 0.5) is 23.2 Å². The summed E-state index contributed by atoms with van der Waals surface area (Å²) in [6, 6.07) is 11.0. The number of carbonyl (C=O) groups excluding carboxylic acids is 2. The van der Waals surface area contributed by atoms with Gasteiger partial charge in [-0.05, 0) is 66.8 Å². The molecule has 1 aromatic heterocycles. The van der Waals surface area contributed by atoms with Crippen LogP contribution in [0.1, 0.15) is 11.3 Å². The third-order valence-electron chi connectivity index (χ3n) is 4.80. The van der Waals surface area contributed by atoms with Crippen LogP contribution in [0.5, 0.6) is 0 Å². The number of nitrogens with one attached hydrogen (secondary N) is 1. The predicted octanol–water partition coefficient (Wildman–Crippen LogP) is 5.21. The van der Waals surface area contributed by atoms with Gasteiger partial charge in [0.2, 0.25) is 0 Å². The van der Waals surface area contributed by atoms with Gasteiger partial charge in [-0.3, -0.25) is 24.5 Å². The maximum Gasteiger partial charge on any atom is 0.435 e. The lowest BCUT2D eigenvalue weighted by atomic mass is 10.1. The van der Waals surface area contributed by atoms with Gasteiger partial charge in [-0.1, -0.05) is 23.4 Å². The summed E-state index contributed by atoms with van der Waals surface area (Å²) in [7, 11) is 1.29. The Kier molecular flexibility index (Phi) is 6.71. The smallest absolute Gasteiger partial charge is 0.298 e. The van der Waals surface area contributed by atoms with Gasteiger partial charge in [0.25, 0.3) is 11.8 Å². The van der Waals surface area contributed by atoms with E-state index in [1.165, 1.54) is 43.4 Å². The van der Waals surface area contributed by atoms with Crippen molar-refractivity contribution < 1.29 is 27.2 Å². The molecule has 1 fully saturated rings. The van der Waals surface area contributed by atoms with Crippen molar-refractivity contribution in [3.63, 3.8) is 0 Å². The summed E-state index contributed by atoms with van der Waals surface area (Å²) in [5.41, 5.74) is -2.09. The van der Waals surface area contributed by atoms with E-state index < -0.39 is 40.6 Å². The molecular weight excluding hydrogens is 528 g/mol. The monoisotopic (exact) mass is 540 g/mol. The molecule has 0 atom stereocenters. The number of alkyl halides is 3. The summed E-state index contributed by atoms with van der Waals surface area (Å²) >= 11 is 11.9. The normalized spacial score (nSPS) is 15.7. The second kappa shape index (κ2) is 9.44. The second-order valence-corrected chi connectivity index (χ2v) is 9.06. The number of thiocarbonyl (C=S) groups is 1. The molecule has 1 aliphatic heterocycles. The molecule has 1 N–H and O–H groups in total. The van der Waals surface area contributed by atoms with Crippen molar-refractivity contribution in [2.75, 3.05) is 4.90 Å². The zero-order chi connectivity index (χ0) is 25.5. The van der Waals surface area contributed by atoms with E-state index in [1.807, 2.05) is 0 Å². The maximum absolute atomic E-state index is 13.8. The topological polar surface area (TPSA) is 67.2 Å². The highest BCUT2D eigenvalue weighted by atomic mass is 35.5. The van der Waals surface area contributed by atoms with Crippen molar-refractivity contribution >= 4 is 64.3 Å². The van der Waals surface area contributed by atoms with Crippen LogP contribution in [0.15, 0.2) is 64.0 Å². The number of halogens is 5.